The first kappa shape index (κ1) is 19.7. The lowest BCUT2D eigenvalue weighted by Crippen LogP contribution is -2.34. The van der Waals surface area contributed by atoms with Gasteiger partial charge in [-0.05, 0) is 50.2 Å². The molecule has 4 rings (SSSR count). The second kappa shape index (κ2) is 7.33. The number of aromatic nitrogens is 3. The fraction of sp³-hybridized carbons (Fsp3) is 0.190. The lowest BCUT2D eigenvalue weighted by atomic mass is 10.0. The molecule has 0 saturated carbocycles. The zero-order valence-electron chi connectivity index (χ0n) is 16.1. The minimum atomic E-state index is -1.15. The molecule has 0 aliphatic heterocycles. The number of carbonyl (C=O) groups excluding carboxylic acids is 1. The lowest BCUT2D eigenvalue weighted by Gasteiger charge is -2.27. The van der Waals surface area contributed by atoms with E-state index >= 15 is 0 Å². The molecule has 2 heterocycles. The Balaban J connectivity index is 1.77. The molecule has 2 aromatic heterocycles. The van der Waals surface area contributed by atoms with Gasteiger partial charge in [0, 0.05) is 22.8 Å². The van der Waals surface area contributed by atoms with Crippen molar-refractivity contribution in [3.8, 4) is 0 Å². The van der Waals surface area contributed by atoms with Crippen molar-refractivity contribution in [2.24, 2.45) is 0 Å². The molecule has 154 valence electrons. The van der Waals surface area contributed by atoms with Gasteiger partial charge in [-0.15, -0.1) is 0 Å². The van der Waals surface area contributed by atoms with E-state index in [1.165, 1.54) is 23.1 Å². The monoisotopic (exact) mass is 414 g/mol. The Morgan fingerprint density at radius 2 is 1.80 bits per heavy atom. The Morgan fingerprint density at radius 1 is 1.10 bits per heavy atom. The van der Waals surface area contributed by atoms with Crippen LogP contribution in [0.5, 0.6) is 0 Å². The van der Waals surface area contributed by atoms with Crippen LogP contribution >= 0.6 is 0 Å². The number of H-pyrrole nitrogens is 2. The number of fused-ring (bicyclic) bond motifs is 2. The van der Waals surface area contributed by atoms with E-state index in [9.17, 15) is 22.8 Å². The lowest BCUT2D eigenvalue weighted by molar-refractivity contribution is 0.0694. The van der Waals surface area contributed by atoms with Crippen molar-refractivity contribution >= 4 is 27.6 Å². The molecule has 2 aromatic carbocycles. The number of rotatable bonds is 4. The molecule has 4 aromatic rings. The SMILES string of the molecule is CCN(C(=O)c1cc2cc(F)ccc2[nH]1)[C@@H](C)c1n[nH]c(=O)c2cc(F)c(F)cc12. The second-order valence-corrected chi connectivity index (χ2v) is 6.93. The quantitative estimate of drug-likeness (QED) is 0.529. The van der Waals surface area contributed by atoms with Gasteiger partial charge in [-0.2, -0.15) is 5.10 Å². The van der Waals surface area contributed by atoms with Gasteiger partial charge in [0.2, 0.25) is 0 Å². The largest absolute Gasteiger partial charge is 0.351 e. The molecule has 1 amide bonds. The minimum Gasteiger partial charge on any atom is -0.351 e. The van der Waals surface area contributed by atoms with Crippen molar-refractivity contribution in [3.63, 3.8) is 0 Å². The summed E-state index contributed by atoms with van der Waals surface area (Å²) in [4.78, 5) is 29.6. The number of carbonyl (C=O) groups is 1. The van der Waals surface area contributed by atoms with Crippen molar-refractivity contribution in [1.82, 2.24) is 20.1 Å². The van der Waals surface area contributed by atoms with Gasteiger partial charge in [0.15, 0.2) is 11.6 Å². The molecule has 0 aliphatic carbocycles. The number of hydrogen-bond donors (Lipinski definition) is 2. The molecule has 0 fully saturated rings. The number of aromatic amines is 2. The highest BCUT2D eigenvalue weighted by atomic mass is 19.2. The average Bonchev–Trinajstić information content (AvgIpc) is 3.13. The first-order chi connectivity index (χ1) is 14.3. The number of hydrogen-bond acceptors (Lipinski definition) is 3. The molecule has 0 bridgehead atoms. The summed E-state index contributed by atoms with van der Waals surface area (Å²) in [6, 6.07) is 6.73. The molecule has 9 heteroatoms. The fourth-order valence-corrected chi connectivity index (χ4v) is 3.61. The van der Waals surface area contributed by atoms with Crippen LogP contribution in [0.1, 0.15) is 36.1 Å². The summed E-state index contributed by atoms with van der Waals surface area (Å²) in [5, 5.41) is 6.88. The third-order valence-electron chi connectivity index (χ3n) is 5.14. The summed E-state index contributed by atoms with van der Waals surface area (Å²) in [5.74, 6) is -3.06. The van der Waals surface area contributed by atoms with E-state index in [0.717, 1.165) is 12.1 Å². The summed E-state index contributed by atoms with van der Waals surface area (Å²) in [6.07, 6.45) is 0. The van der Waals surface area contributed by atoms with Crippen LogP contribution in [0.25, 0.3) is 21.7 Å². The van der Waals surface area contributed by atoms with Crippen molar-refractivity contribution in [2.45, 2.75) is 19.9 Å². The normalized spacial score (nSPS) is 12.4. The zero-order chi connectivity index (χ0) is 21.6. The average molecular weight is 414 g/mol. The summed E-state index contributed by atoms with van der Waals surface area (Å²) < 4.78 is 40.9. The highest BCUT2D eigenvalue weighted by Gasteiger charge is 2.26. The molecule has 30 heavy (non-hydrogen) atoms. The molecule has 0 spiro atoms. The maximum Gasteiger partial charge on any atom is 0.272 e. The van der Waals surface area contributed by atoms with E-state index in [-0.39, 0.29) is 34.6 Å². The summed E-state index contributed by atoms with van der Waals surface area (Å²) >= 11 is 0. The number of nitrogens with one attached hydrogen (secondary N) is 2. The van der Waals surface area contributed by atoms with Crippen molar-refractivity contribution < 1.29 is 18.0 Å². The van der Waals surface area contributed by atoms with Crippen LogP contribution < -0.4 is 5.56 Å². The third-order valence-corrected chi connectivity index (χ3v) is 5.14. The Bertz CT molecular complexity index is 1350. The van der Waals surface area contributed by atoms with Gasteiger partial charge in [0.25, 0.3) is 11.5 Å². The third kappa shape index (κ3) is 3.22. The Labute approximate surface area is 168 Å². The zero-order valence-corrected chi connectivity index (χ0v) is 16.1. The van der Waals surface area contributed by atoms with Crippen LogP contribution in [0.15, 0.2) is 41.2 Å². The van der Waals surface area contributed by atoms with E-state index in [1.54, 1.807) is 19.9 Å². The number of benzene rings is 2. The molecule has 6 nitrogen and oxygen atoms in total. The van der Waals surface area contributed by atoms with E-state index in [1.807, 2.05) is 0 Å². The maximum absolute atomic E-state index is 13.8. The van der Waals surface area contributed by atoms with Gasteiger partial charge < -0.3 is 9.88 Å². The first-order valence-corrected chi connectivity index (χ1v) is 9.26. The van der Waals surface area contributed by atoms with Crippen LogP contribution in [0.3, 0.4) is 0 Å². The van der Waals surface area contributed by atoms with Crippen LogP contribution in [-0.4, -0.2) is 32.5 Å². The van der Waals surface area contributed by atoms with Gasteiger partial charge in [-0.3, -0.25) is 9.59 Å². The number of amides is 1. The predicted octanol–water partition coefficient (Wildman–Crippen LogP) is 4.05. The molecular weight excluding hydrogens is 397 g/mol. The topological polar surface area (TPSA) is 81.8 Å². The van der Waals surface area contributed by atoms with E-state index in [2.05, 4.69) is 15.2 Å². The summed E-state index contributed by atoms with van der Waals surface area (Å²) in [6.45, 7) is 3.70. The van der Waals surface area contributed by atoms with Gasteiger partial charge in [-0.1, -0.05) is 0 Å². The fourth-order valence-electron chi connectivity index (χ4n) is 3.61. The van der Waals surface area contributed by atoms with Crippen LogP contribution in [0.2, 0.25) is 0 Å². The number of halogens is 3. The van der Waals surface area contributed by atoms with E-state index < -0.39 is 29.1 Å². The Morgan fingerprint density at radius 3 is 2.50 bits per heavy atom. The summed E-state index contributed by atoms with van der Waals surface area (Å²) in [5.41, 5.74) is 0.414. The molecule has 2 N–H and O–H groups in total. The van der Waals surface area contributed by atoms with E-state index in [4.69, 9.17) is 0 Å². The van der Waals surface area contributed by atoms with Crippen LogP contribution in [0.4, 0.5) is 13.2 Å². The molecule has 0 saturated heterocycles. The number of nitrogens with zero attached hydrogens (tertiary/aromatic N) is 2. The standard InChI is InChI=1S/C21H17F3N4O2/c1-3-28(21(30)18-7-11-6-12(22)4-5-17(11)25-18)10(2)19-13-8-15(23)16(24)9-14(13)20(29)27-26-19/h4-10,25H,3H2,1-2H3,(H,27,29)/t10-/m0/s1. The Hall–Kier alpha value is -3.62. The summed E-state index contributed by atoms with van der Waals surface area (Å²) in [7, 11) is 0. The second-order valence-electron chi connectivity index (χ2n) is 6.93. The van der Waals surface area contributed by atoms with Crippen molar-refractivity contribution in [3.05, 3.63) is 75.6 Å². The Kier molecular flexibility index (Phi) is 4.81. The van der Waals surface area contributed by atoms with Crippen molar-refractivity contribution in [2.75, 3.05) is 6.54 Å². The maximum atomic E-state index is 13.8. The molecule has 0 unspecified atom stereocenters. The van der Waals surface area contributed by atoms with Gasteiger partial charge >= 0.3 is 0 Å². The molecule has 1 atom stereocenters. The van der Waals surface area contributed by atoms with E-state index in [0.29, 0.717) is 10.9 Å². The highest BCUT2D eigenvalue weighted by Crippen LogP contribution is 2.28. The van der Waals surface area contributed by atoms with Crippen LogP contribution in [-0.2, 0) is 0 Å². The van der Waals surface area contributed by atoms with Crippen LogP contribution in [0, 0.1) is 17.5 Å². The molecular formula is C21H17F3N4O2. The highest BCUT2D eigenvalue weighted by molar-refractivity contribution is 5.98. The van der Waals surface area contributed by atoms with Gasteiger partial charge in [-0.25, -0.2) is 18.3 Å². The molecule has 0 aliphatic rings. The van der Waals surface area contributed by atoms with Gasteiger partial charge in [0.05, 0.1) is 17.1 Å². The predicted molar refractivity (Wildman–Crippen MR) is 106 cm³/mol. The first-order valence-electron chi connectivity index (χ1n) is 9.26. The minimum absolute atomic E-state index is 0.0599. The van der Waals surface area contributed by atoms with Gasteiger partial charge in [0.1, 0.15) is 11.5 Å². The smallest absolute Gasteiger partial charge is 0.272 e. The molecule has 0 radical (unpaired) electrons. The van der Waals surface area contributed by atoms with Crippen molar-refractivity contribution in [1.29, 1.82) is 0 Å².